The number of nitrogens with zero attached hydrogens (tertiary/aromatic N) is 2. The molecule has 0 spiro atoms. The van der Waals surface area contributed by atoms with E-state index >= 15 is 0 Å². The van der Waals surface area contributed by atoms with Crippen LogP contribution in [0, 0.1) is 11.6 Å². The monoisotopic (exact) mass is 465 g/mol. The number of methoxy groups -OCH3 is 1. The highest BCUT2D eigenvalue weighted by atomic mass is 19.1. The first-order chi connectivity index (χ1) is 16.4. The summed E-state index contributed by atoms with van der Waals surface area (Å²) in [7, 11) is 1.52. The van der Waals surface area contributed by atoms with Crippen molar-refractivity contribution in [2.45, 2.75) is 19.0 Å². The normalized spacial score (nSPS) is 15.6. The molecular weight excluding hydrogens is 444 g/mol. The van der Waals surface area contributed by atoms with E-state index < -0.39 is 35.5 Å². The van der Waals surface area contributed by atoms with Crippen LogP contribution in [0.3, 0.4) is 0 Å². The average molecular weight is 465 g/mol. The minimum absolute atomic E-state index is 0.0496. The van der Waals surface area contributed by atoms with E-state index in [9.17, 15) is 23.2 Å². The molecule has 1 aliphatic heterocycles. The van der Waals surface area contributed by atoms with Gasteiger partial charge in [0, 0.05) is 12.2 Å². The lowest BCUT2D eigenvalue weighted by atomic mass is 10.1. The van der Waals surface area contributed by atoms with Crippen molar-refractivity contribution in [2.75, 3.05) is 17.3 Å². The van der Waals surface area contributed by atoms with Crippen LogP contribution in [-0.4, -0.2) is 35.9 Å². The molecule has 4 rings (SSSR count). The van der Waals surface area contributed by atoms with Gasteiger partial charge in [-0.05, 0) is 66.2 Å². The van der Waals surface area contributed by atoms with Gasteiger partial charge in [0.25, 0.3) is 5.91 Å². The molecule has 0 unspecified atom stereocenters. The maximum absolute atomic E-state index is 13.4. The fourth-order valence-electron chi connectivity index (χ4n) is 3.73. The standard InChI is InChI=1S/C25H21F2N3O4/c1-34-21-4-2-3-16(13-21)15-29-22(14-23(31)28-19-9-5-17(26)6-10-19)24(32)30(25(29)33)20-11-7-18(27)8-12-20/h2-13,22H,14-15H2,1H3,(H,28,31)/t22-/m0/s1. The SMILES string of the molecule is COc1cccc(CN2C(=O)N(c3ccc(F)cc3)C(=O)[C@@H]2CC(=O)Nc2ccc(F)cc2)c1. The number of nitrogens with one attached hydrogen (secondary N) is 1. The molecular formula is C25H21F2N3O4. The third kappa shape index (κ3) is 4.88. The van der Waals surface area contributed by atoms with E-state index in [0.29, 0.717) is 17.0 Å². The molecule has 1 atom stereocenters. The van der Waals surface area contributed by atoms with Crippen molar-refractivity contribution >= 4 is 29.2 Å². The van der Waals surface area contributed by atoms with Crippen LogP contribution in [-0.2, 0) is 16.1 Å². The zero-order valence-electron chi connectivity index (χ0n) is 18.2. The van der Waals surface area contributed by atoms with E-state index in [1.165, 1.54) is 48.4 Å². The Bertz CT molecular complexity index is 1220. The lowest BCUT2D eigenvalue weighted by Crippen LogP contribution is -2.37. The predicted octanol–water partition coefficient (Wildman–Crippen LogP) is 4.34. The van der Waals surface area contributed by atoms with Crippen LogP contribution >= 0.6 is 0 Å². The summed E-state index contributed by atoms with van der Waals surface area (Å²) >= 11 is 0. The van der Waals surface area contributed by atoms with Crippen molar-refractivity contribution in [2.24, 2.45) is 0 Å². The maximum atomic E-state index is 13.4. The van der Waals surface area contributed by atoms with Crippen molar-refractivity contribution in [3.05, 3.63) is 90.0 Å². The zero-order valence-corrected chi connectivity index (χ0v) is 18.2. The number of halogens is 2. The maximum Gasteiger partial charge on any atom is 0.332 e. The second-order valence-electron chi connectivity index (χ2n) is 7.69. The number of amides is 4. The first-order valence-corrected chi connectivity index (χ1v) is 10.4. The molecule has 0 radical (unpaired) electrons. The molecule has 34 heavy (non-hydrogen) atoms. The van der Waals surface area contributed by atoms with E-state index in [-0.39, 0.29) is 18.7 Å². The largest absolute Gasteiger partial charge is 0.497 e. The minimum atomic E-state index is -1.09. The average Bonchev–Trinajstić information content (AvgIpc) is 3.05. The summed E-state index contributed by atoms with van der Waals surface area (Å²) in [5, 5.41) is 2.61. The summed E-state index contributed by atoms with van der Waals surface area (Å²) in [5.74, 6) is -1.50. The van der Waals surface area contributed by atoms with Gasteiger partial charge in [0.15, 0.2) is 0 Å². The Morgan fingerprint density at radius 2 is 1.62 bits per heavy atom. The summed E-state index contributed by atoms with van der Waals surface area (Å²) in [5.41, 5.74) is 1.26. The van der Waals surface area contributed by atoms with Gasteiger partial charge in [0.05, 0.1) is 19.2 Å². The third-order valence-electron chi connectivity index (χ3n) is 5.40. The number of carbonyl (C=O) groups is 3. The van der Waals surface area contributed by atoms with Crippen LogP contribution in [0.15, 0.2) is 72.8 Å². The Labute approximate surface area is 194 Å². The third-order valence-corrected chi connectivity index (χ3v) is 5.40. The first kappa shape index (κ1) is 22.9. The predicted molar refractivity (Wildman–Crippen MR) is 121 cm³/mol. The lowest BCUT2D eigenvalue weighted by Gasteiger charge is -2.22. The number of benzene rings is 3. The zero-order chi connectivity index (χ0) is 24.2. The van der Waals surface area contributed by atoms with Gasteiger partial charge in [-0.1, -0.05) is 12.1 Å². The number of imide groups is 1. The highest BCUT2D eigenvalue weighted by Crippen LogP contribution is 2.29. The Hall–Kier alpha value is -4.27. The van der Waals surface area contributed by atoms with Crippen LogP contribution in [0.5, 0.6) is 5.75 Å². The molecule has 7 nitrogen and oxygen atoms in total. The Morgan fingerprint density at radius 1 is 0.971 bits per heavy atom. The molecule has 1 aliphatic rings. The summed E-state index contributed by atoms with van der Waals surface area (Å²) in [6.45, 7) is 0.0496. The second-order valence-corrected chi connectivity index (χ2v) is 7.69. The summed E-state index contributed by atoms with van der Waals surface area (Å²) < 4.78 is 31.8. The fourth-order valence-corrected chi connectivity index (χ4v) is 3.73. The second kappa shape index (κ2) is 9.70. The van der Waals surface area contributed by atoms with E-state index in [1.54, 1.807) is 24.3 Å². The molecule has 4 amide bonds. The van der Waals surface area contributed by atoms with Crippen LogP contribution in [0.4, 0.5) is 25.0 Å². The molecule has 174 valence electrons. The molecule has 1 fully saturated rings. The van der Waals surface area contributed by atoms with E-state index in [0.717, 1.165) is 17.0 Å². The van der Waals surface area contributed by atoms with Gasteiger partial charge < -0.3 is 15.0 Å². The molecule has 0 aromatic heterocycles. The fraction of sp³-hybridized carbons (Fsp3) is 0.160. The van der Waals surface area contributed by atoms with Gasteiger partial charge >= 0.3 is 6.03 Å². The van der Waals surface area contributed by atoms with Crippen molar-refractivity contribution < 1.29 is 27.9 Å². The van der Waals surface area contributed by atoms with Gasteiger partial charge in [0.2, 0.25) is 5.91 Å². The molecule has 1 heterocycles. The number of ether oxygens (including phenoxy) is 1. The summed E-state index contributed by atoms with van der Waals surface area (Å²) in [6, 6.07) is 15.4. The van der Waals surface area contributed by atoms with Gasteiger partial charge in [-0.15, -0.1) is 0 Å². The Kier molecular flexibility index (Phi) is 6.53. The van der Waals surface area contributed by atoms with Gasteiger partial charge in [-0.25, -0.2) is 18.5 Å². The molecule has 3 aromatic carbocycles. The molecule has 9 heteroatoms. The number of hydrogen-bond donors (Lipinski definition) is 1. The van der Waals surface area contributed by atoms with E-state index in [2.05, 4.69) is 5.32 Å². The van der Waals surface area contributed by atoms with Crippen molar-refractivity contribution in [1.82, 2.24) is 4.90 Å². The van der Waals surface area contributed by atoms with E-state index in [4.69, 9.17) is 4.74 Å². The Morgan fingerprint density at radius 3 is 2.26 bits per heavy atom. The van der Waals surface area contributed by atoms with Crippen molar-refractivity contribution in [3.63, 3.8) is 0 Å². The summed E-state index contributed by atoms with van der Waals surface area (Å²) in [4.78, 5) is 41.5. The molecule has 1 saturated heterocycles. The van der Waals surface area contributed by atoms with Crippen LogP contribution in [0.1, 0.15) is 12.0 Å². The number of rotatable bonds is 7. The molecule has 1 N–H and O–H groups in total. The Balaban J connectivity index is 1.61. The number of urea groups is 1. The van der Waals surface area contributed by atoms with Crippen molar-refractivity contribution in [1.29, 1.82) is 0 Å². The smallest absolute Gasteiger partial charge is 0.332 e. The van der Waals surface area contributed by atoms with Gasteiger partial charge in [-0.2, -0.15) is 0 Å². The van der Waals surface area contributed by atoms with Crippen LogP contribution in [0.25, 0.3) is 0 Å². The first-order valence-electron chi connectivity index (χ1n) is 10.4. The number of hydrogen-bond acceptors (Lipinski definition) is 4. The van der Waals surface area contributed by atoms with Crippen LogP contribution < -0.4 is 15.0 Å². The summed E-state index contributed by atoms with van der Waals surface area (Å²) in [6.07, 6.45) is -0.316. The highest BCUT2D eigenvalue weighted by Gasteiger charge is 2.46. The highest BCUT2D eigenvalue weighted by molar-refractivity contribution is 6.22. The molecule has 0 saturated carbocycles. The minimum Gasteiger partial charge on any atom is -0.497 e. The molecule has 0 bridgehead atoms. The topological polar surface area (TPSA) is 79.0 Å². The molecule has 3 aromatic rings. The quantitative estimate of drug-likeness (QED) is 0.527. The number of carbonyl (C=O) groups excluding carboxylic acids is 3. The van der Waals surface area contributed by atoms with E-state index in [1.807, 2.05) is 0 Å². The number of anilines is 2. The molecule has 0 aliphatic carbocycles. The van der Waals surface area contributed by atoms with Crippen LogP contribution in [0.2, 0.25) is 0 Å². The van der Waals surface area contributed by atoms with Gasteiger partial charge in [-0.3, -0.25) is 9.59 Å². The van der Waals surface area contributed by atoms with Gasteiger partial charge in [0.1, 0.15) is 23.4 Å². The van der Waals surface area contributed by atoms with Crippen molar-refractivity contribution in [3.8, 4) is 5.75 Å². The lowest BCUT2D eigenvalue weighted by molar-refractivity contribution is -0.124.